The van der Waals surface area contributed by atoms with E-state index in [1.54, 1.807) is 18.8 Å². The molecule has 0 atom stereocenters. The van der Waals surface area contributed by atoms with E-state index in [-0.39, 0.29) is 5.91 Å². The van der Waals surface area contributed by atoms with Crippen molar-refractivity contribution in [3.63, 3.8) is 0 Å². The van der Waals surface area contributed by atoms with E-state index in [0.717, 1.165) is 39.8 Å². The molecule has 8 nitrogen and oxygen atoms in total. The number of aryl methyl sites for hydroxylation is 1. The molecule has 5 rings (SSSR count). The van der Waals surface area contributed by atoms with Crippen LogP contribution in [0.15, 0.2) is 60.8 Å². The Labute approximate surface area is 211 Å². The second-order valence-corrected chi connectivity index (χ2v) is 9.65. The summed E-state index contributed by atoms with van der Waals surface area (Å²) in [6.07, 6.45) is 1.88. The van der Waals surface area contributed by atoms with Crippen molar-refractivity contribution in [1.82, 2.24) is 24.6 Å². The first kappa shape index (κ1) is 23.5. The Morgan fingerprint density at radius 1 is 1.11 bits per heavy atom. The predicted molar refractivity (Wildman–Crippen MR) is 143 cm³/mol. The van der Waals surface area contributed by atoms with Gasteiger partial charge in [0, 0.05) is 31.9 Å². The van der Waals surface area contributed by atoms with E-state index in [1.165, 1.54) is 10.5 Å². The average Bonchev–Trinajstić information content (AvgIpc) is 3.47. The van der Waals surface area contributed by atoms with Crippen LogP contribution in [-0.2, 0) is 6.54 Å². The predicted octanol–water partition coefficient (Wildman–Crippen LogP) is 4.85. The van der Waals surface area contributed by atoms with Crippen LogP contribution in [0.4, 0.5) is 11.5 Å². The standard InChI is InChI=1S/C28H31N7O/c1-18(2)22-8-6-7-9-23(22)26-29-15-25-27(31-26)34(17-30-25)16-20-10-12-21(13-11-20)35-19(3)14-24(32-35)28(36)33(4)5/h6-15,18,30H,16-17H2,1-5H3. The average molecular weight is 482 g/mol. The summed E-state index contributed by atoms with van der Waals surface area (Å²) in [6, 6.07) is 18.4. The lowest BCUT2D eigenvalue weighted by molar-refractivity contribution is 0.0821. The molecular weight excluding hydrogens is 450 g/mol. The molecule has 0 aliphatic carbocycles. The number of carbonyl (C=O) groups excluding carboxylic acids is 1. The minimum absolute atomic E-state index is 0.106. The number of carbonyl (C=O) groups is 1. The molecule has 184 valence electrons. The molecule has 8 heteroatoms. The number of amides is 1. The van der Waals surface area contributed by atoms with Crippen LogP contribution >= 0.6 is 0 Å². The number of hydrogen-bond acceptors (Lipinski definition) is 6. The fourth-order valence-electron chi connectivity index (χ4n) is 4.49. The Kier molecular flexibility index (Phi) is 6.18. The molecule has 3 heterocycles. The lowest BCUT2D eigenvalue weighted by Crippen LogP contribution is -2.23. The Hall–Kier alpha value is -4.20. The van der Waals surface area contributed by atoms with Crippen molar-refractivity contribution in [3.8, 4) is 17.1 Å². The van der Waals surface area contributed by atoms with Crippen LogP contribution in [0.25, 0.3) is 17.1 Å². The number of aromatic nitrogens is 4. The minimum Gasteiger partial charge on any atom is -0.363 e. The third kappa shape index (κ3) is 4.42. The van der Waals surface area contributed by atoms with E-state index in [0.29, 0.717) is 24.8 Å². The number of benzene rings is 2. The zero-order chi connectivity index (χ0) is 25.4. The summed E-state index contributed by atoms with van der Waals surface area (Å²) in [5.74, 6) is 1.95. The monoisotopic (exact) mass is 481 g/mol. The van der Waals surface area contributed by atoms with Gasteiger partial charge in [0.2, 0.25) is 0 Å². The van der Waals surface area contributed by atoms with Gasteiger partial charge in [-0.15, -0.1) is 0 Å². The van der Waals surface area contributed by atoms with E-state index in [9.17, 15) is 4.79 Å². The summed E-state index contributed by atoms with van der Waals surface area (Å²) < 4.78 is 1.80. The molecule has 1 aliphatic heterocycles. The van der Waals surface area contributed by atoms with E-state index >= 15 is 0 Å². The number of rotatable bonds is 6. The van der Waals surface area contributed by atoms with Crippen molar-refractivity contribution in [2.24, 2.45) is 0 Å². The lowest BCUT2D eigenvalue weighted by Gasteiger charge is -2.18. The molecule has 2 aromatic carbocycles. The Morgan fingerprint density at radius 3 is 2.58 bits per heavy atom. The first-order valence-electron chi connectivity index (χ1n) is 12.1. The van der Waals surface area contributed by atoms with E-state index < -0.39 is 0 Å². The number of fused-ring (bicyclic) bond motifs is 1. The number of hydrogen-bond donors (Lipinski definition) is 1. The largest absolute Gasteiger partial charge is 0.363 e. The van der Waals surface area contributed by atoms with Crippen LogP contribution in [0.5, 0.6) is 0 Å². The van der Waals surface area contributed by atoms with Crippen LogP contribution < -0.4 is 10.2 Å². The van der Waals surface area contributed by atoms with Crippen molar-refractivity contribution < 1.29 is 4.79 Å². The molecule has 4 aromatic rings. The highest BCUT2D eigenvalue weighted by Crippen LogP contribution is 2.34. The summed E-state index contributed by atoms with van der Waals surface area (Å²) in [5.41, 5.74) is 6.70. The Balaban J connectivity index is 1.37. The molecule has 0 unspecified atom stereocenters. The van der Waals surface area contributed by atoms with Crippen LogP contribution in [0.2, 0.25) is 0 Å². The maximum atomic E-state index is 12.3. The third-order valence-electron chi connectivity index (χ3n) is 6.42. The van der Waals surface area contributed by atoms with Gasteiger partial charge >= 0.3 is 0 Å². The number of nitrogens with one attached hydrogen (secondary N) is 1. The molecule has 1 aliphatic rings. The topological polar surface area (TPSA) is 79.2 Å². The fraction of sp³-hybridized carbons (Fsp3) is 0.286. The first-order chi connectivity index (χ1) is 17.3. The number of nitrogens with zero attached hydrogens (tertiary/aromatic N) is 6. The van der Waals surface area contributed by atoms with Gasteiger partial charge in [-0.1, -0.05) is 50.2 Å². The minimum atomic E-state index is -0.106. The summed E-state index contributed by atoms with van der Waals surface area (Å²) in [7, 11) is 3.46. The highest BCUT2D eigenvalue weighted by molar-refractivity contribution is 5.92. The third-order valence-corrected chi connectivity index (χ3v) is 6.42. The molecule has 1 amide bonds. The van der Waals surface area contributed by atoms with Gasteiger partial charge in [-0.05, 0) is 42.2 Å². The zero-order valence-corrected chi connectivity index (χ0v) is 21.4. The molecule has 1 N–H and O–H groups in total. The van der Waals surface area contributed by atoms with Gasteiger partial charge in [0.25, 0.3) is 5.91 Å². The Morgan fingerprint density at radius 2 is 1.86 bits per heavy atom. The maximum absolute atomic E-state index is 12.3. The van der Waals surface area contributed by atoms with E-state index in [2.05, 4.69) is 64.5 Å². The first-order valence-corrected chi connectivity index (χ1v) is 12.1. The lowest BCUT2D eigenvalue weighted by atomic mass is 9.97. The summed E-state index contributed by atoms with van der Waals surface area (Å²) in [6.45, 7) is 7.72. The normalized spacial score (nSPS) is 12.6. The highest BCUT2D eigenvalue weighted by Gasteiger charge is 2.23. The van der Waals surface area contributed by atoms with Crippen LogP contribution in [0, 0.1) is 6.92 Å². The maximum Gasteiger partial charge on any atom is 0.273 e. The smallest absolute Gasteiger partial charge is 0.273 e. The second kappa shape index (κ2) is 9.45. The van der Waals surface area contributed by atoms with Gasteiger partial charge in [0.05, 0.1) is 24.2 Å². The zero-order valence-electron chi connectivity index (χ0n) is 21.4. The SMILES string of the molecule is Cc1cc(C(=O)N(C)C)nn1-c1ccc(CN2CNc3cnc(-c4ccccc4C(C)C)nc32)cc1. The van der Waals surface area contributed by atoms with Crippen LogP contribution in [0.3, 0.4) is 0 Å². The molecule has 36 heavy (non-hydrogen) atoms. The molecule has 2 aromatic heterocycles. The van der Waals surface area contributed by atoms with Gasteiger partial charge in [-0.25, -0.2) is 14.6 Å². The summed E-state index contributed by atoms with van der Waals surface area (Å²) in [5, 5.41) is 7.91. The van der Waals surface area contributed by atoms with Crippen molar-refractivity contribution >= 4 is 17.4 Å². The quantitative estimate of drug-likeness (QED) is 0.424. The van der Waals surface area contributed by atoms with Crippen molar-refractivity contribution in [2.45, 2.75) is 33.2 Å². The van der Waals surface area contributed by atoms with Gasteiger partial charge in [0.1, 0.15) is 0 Å². The molecule has 0 saturated heterocycles. The number of anilines is 2. The van der Waals surface area contributed by atoms with Gasteiger partial charge in [-0.3, -0.25) is 4.79 Å². The van der Waals surface area contributed by atoms with Crippen molar-refractivity contribution in [3.05, 3.63) is 83.3 Å². The van der Waals surface area contributed by atoms with Crippen LogP contribution in [0.1, 0.15) is 47.1 Å². The molecule has 0 spiro atoms. The summed E-state index contributed by atoms with van der Waals surface area (Å²) >= 11 is 0. The van der Waals surface area contributed by atoms with Crippen molar-refractivity contribution in [1.29, 1.82) is 0 Å². The molecular formula is C28H31N7O. The van der Waals surface area contributed by atoms with Crippen LogP contribution in [-0.4, -0.2) is 51.3 Å². The van der Waals surface area contributed by atoms with Gasteiger partial charge in [0.15, 0.2) is 17.3 Å². The Bertz CT molecular complexity index is 1410. The molecule has 0 saturated carbocycles. The molecule has 0 bridgehead atoms. The van der Waals surface area contributed by atoms with E-state index in [4.69, 9.17) is 4.98 Å². The van der Waals surface area contributed by atoms with Gasteiger partial charge in [-0.2, -0.15) is 5.10 Å². The fourth-order valence-corrected chi connectivity index (χ4v) is 4.49. The van der Waals surface area contributed by atoms with E-state index in [1.807, 2.05) is 37.4 Å². The highest BCUT2D eigenvalue weighted by atomic mass is 16.2. The second-order valence-electron chi connectivity index (χ2n) is 9.65. The molecule has 0 radical (unpaired) electrons. The van der Waals surface area contributed by atoms with Crippen molar-refractivity contribution in [2.75, 3.05) is 31.0 Å². The van der Waals surface area contributed by atoms with Gasteiger partial charge < -0.3 is 15.1 Å². The molecule has 0 fully saturated rings. The summed E-state index contributed by atoms with van der Waals surface area (Å²) in [4.78, 5) is 25.6.